The van der Waals surface area contributed by atoms with E-state index in [0.717, 1.165) is 25.9 Å². The van der Waals surface area contributed by atoms with Gasteiger partial charge in [-0.15, -0.1) is 6.58 Å². The highest BCUT2D eigenvalue weighted by Gasteiger charge is 2.26. The van der Waals surface area contributed by atoms with Crippen molar-refractivity contribution in [1.29, 1.82) is 0 Å². The number of hydrogen-bond acceptors (Lipinski definition) is 3. The lowest BCUT2D eigenvalue weighted by molar-refractivity contribution is 0.297. The third-order valence-corrected chi connectivity index (χ3v) is 4.42. The van der Waals surface area contributed by atoms with E-state index in [1.807, 2.05) is 0 Å². The van der Waals surface area contributed by atoms with E-state index in [1.54, 1.807) is 7.05 Å². The van der Waals surface area contributed by atoms with E-state index in [-0.39, 0.29) is 11.8 Å². The lowest BCUT2D eigenvalue weighted by Crippen LogP contribution is -2.44. The van der Waals surface area contributed by atoms with E-state index in [2.05, 4.69) is 11.9 Å². The zero-order valence-corrected chi connectivity index (χ0v) is 9.39. The summed E-state index contributed by atoms with van der Waals surface area (Å²) < 4.78 is 24.8. The molecule has 1 aliphatic rings. The molecule has 5 heteroatoms. The van der Waals surface area contributed by atoms with E-state index >= 15 is 0 Å². The Balaban J connectivity index is 2.62. The first-order valence-corrected chi connectivity index (χ1v) is 6.46. The Morgan fingerprint density at radius 1 is 1.50 bits per heavy atom. The normalized spacial score (nSPS) is 19.9. The van der Waals surface area contributed by atoms with E-state index < -0.39 is 10.0 Å². The van der Waals surface area contributed by atoms with Crippen molar-refractivity contribution < 1.29 is 8.42 Å². The monoisotopic (exact) mass is 218 g/mol. The lowest BCUT2D eigenvalue weighted by Gasteiger charge is -2.30. The van der Waals surface area contributed by atoms with Crippen LogP contribution in [0.15, 0.2) is 12.7 Å². The summed E-state index contributed by atoms with van der Waals surface area (Å²) in [7, 11) is -1.46. The zero-order chi connectivity index (χ0) is 10.6. The Morgan fingerprint density at radius 3 is 2.57 bits per heavy atom. The van der Waals surface area contributed by atoms with E-state index in [0.29, 0.717) is 0 Å². The van der Waals surface area contributed by atoms with Crippen molar-refractivity contribution in [1.82, 2.24) is 9.62 Å². The van der Waals surface area contributed by atoms with E-state index in [9.17, 15) is 8.42 Å². The summed E-state index contributed by atoms with van der Waals surface area (Å²) in [6.45, 7) is 5.26. The maximum absolute atomic E-state index is 11.7. The number of nitrogens with one attached hydrogen (secondary N) is 1. The van der Waals surface area contributed by atoms with Gasteiger partial charge >= 0.3 is 0 Å². The van der Waals surface area contributed by atoms with Crippen LogP contribution in [0.25, 0.3) is 0 Å². The first-order chi connectivity index (χ1) is 6.58. The highest BCUT2D eigenvalue weighted by atomic mass is 32.2. The molecule has 0 aromatic rings. The van der Waals surface area contributed by atoms with Gasteiger partial charge in [0.15, 0.2) is 0 Å². The Kier molecular flexibility index (Phi) is 4.10. The van der Waals surface area contributed by atoms with Gasteiger partial charge in [0.05, 0.1) is 5.75 Å². The Hall–Kier alpha value is -0.390. The maximum atomic E-state index is 11.7. The lowest BCUT2D eigenvalue weighted by atomic mass is 10.1. The minimum absolute atomic E-state index is 0.0351. The highest BCUT2D eigenvalue weighted by molar-refractivity contribution is 7.89. The molecule has 1 rings (SSSR count). The van der Waals surface area contributed by atoms with Crippen molar-refractivity contribution in [3.8, 4) is 0 Å². The fraction of sp³-hybridized carbons (Fsp3) is 0.778. The molecule has 14 heavy (non-hydrogen) atoms. The van der Waals surface area contributed by atoms with Gasteiger partial charge in [0, 0.05) is 13.1 Å². The van der Waals surface area contributed by atoms with Crippen LogP contribution in [0.5, 0.6) is 0 Å². The molecule has 1 heterocycles. The van der Waals surface area contributed by atoms with E-state index in [1.165, 1.54) is 10.4 Å². The van der Waals surface area contributed by atoms with Crippen LogP contribution >= 0.6 is 0 Å². The van der Waals surface area contributed by atoms with Crippen LogP contribution in [-0.4, -0.2) is 44.7 Å². The molecular weight excluding hydrogens is 200 g/mol. The molecule has 1 N–H and O–H groups in total. The highest BCUT2D eigenvalue weighted by Crippen LogP contribution is 2.13. The van der Waals surface area contributed by atoms with Crippen molar-refractivity contribution in [2.45, 2.75) is 18.9 Å². The van der Waals surface area contributed by atoms with Crippen LogP contribution in [0.2, 0.25) is 0 Å². The van der Waals surface area contributed by atoms with Gasteiger partial charge in [-0.05, 0) is 25.9 Å². The fourth-order valence-corrected chi connectivity index (χ4v) is 2.86. The first-order valence-electron chi connectivity index (χ1n) is 4.85. The molecule has 0 bridgehead atoms. The van der Waals surface area contributed by atoms with Crippen LogP contribution in [0, 0.1) is 0 Å². The Labute approximate surface area is 86.0 Å². The summed E-state index contributed by atoms with van der Waals surface area (Å²) in [6, 6.07) is 0.154. The summed E-state index contributed by atoms with van der Waals surface area (Å²) >= 11 is 0. The van der Waals surface area contributed by atoms with Gasteiger partial charge in [0.25, 0.3) is 0 Å². The molecule has 0 spiro atoms. The minimum Gasteiger partial charge on any atom is -0.317 e. The average molecular weight is 218 g/mol. The third kappa shape index (κ3) is 2.80. The van der Waals surface area contributed by atoms with Crippen molar-refractivity contribution in [3.63, 3.8) is 0 Å². The van der Waals surface area contributed by atoms with Gasteiger partial charge in [0.1, 0.15) is 0 Å². The molecule has 4 nitrogen and oxygen atoms in total. The number of rotatable bonds is 4. The summed E-state index contributed by atoms with van der Waals surface area (Å²) in [4.78, 5) is 0. The molecular formula is C9H18N2O2S. The van der Waals surface area contributed by atoms with Gasteiger partial charge in [-0.2, -0.15) is 0 Å². The van der Waals surface area contributed by atoms with Crippen LogP contribution in [-0.2, 0) is 10.0 Å². The second-order valence-corrected chi connectivity index (χ2v) is 5.64. The molecule has 1 aliphatic heterocycles. The summed E-state index contributed by atoms with van der Waals surface area (Å²) in [5.74, 6) is 0.0351. The summed E-state index contributed by atoms with van der Waals surface area (Å²) in [6.07, 6.45) is 3.23. The second-order valence-electron chi connectivity index (χ2n) is 3.56. The molecule has 0 aliphatic carbocycles. The van der Waals surface area contributed by atoms with Gasteiger partial charge in [-0.1, -0.05) is 6.08 Å². The first kappa shape index (κ1) is 11.7. The molecule has 0 amide bonds. The predicted molar refractivity (Wildman–Crippen MR) is 57.6 cm³/mol. The molecule has 0 aromatic carbocycles. The number of sulfonamides is 1. The summed E-state index contributed by atoms with van der Waals surface area (Å²) in [5, 5.41) is 3.21. The third-order valence-electron chi connectivity index (χ3n) is 2.59. The maximum Gasteiger partial charge on any atom is 0.217 e. The molecule has 1 saturated heterocycles. The van der Waals surface area contributed by atoms with Crippen molar-refractivity contribution in [3.05, 3.63) is 12.7 Å². The number of piperidine rings is 1. The van der Waals surface area contributed by atoms with Gasteiger partial charge < -0.3 is 5.32 Å². The number of hydrogen-bond donors (Lipinski definition) is 1. The molecule has 0 radical (unpaired) electrons. The van der Waals surface area contributed by atoms with Crippen LogP contribution in [0.1, 0.15) is 12.8 Å². The molecule has 0 aromatic heterocycles. The molecule has 1 fully saturated rings. The fourth-order valence-electron chi connectivity index (χ4n) is 1.66. The van der Waals surface area contributed by atoms with E-state index in [4.69, 9.17) is 0 Å². The Bertz CT molecular complexity index is 281. The smallest absolute Gasteiger partial charge is 0.217 e. The molecule has 82 valence electrons. The Morgan fingerprint density at radius 2 is 2.07 bits per heavy atom. The zero-order valence-electron chi connectivity index (χ0n) is 8.57. The van der Waals surface area contributed by atoms with Crippen molar-refractivity contribution >= 4 is 10.0 Å². The van der Waals surface area contributed by atoms with Gasteiger partial charge in [-0.25, -0.2) is 12.7 Å². The summed E-state index contributed by atoms with van der Waals surface area (Å²) in [5.41, 5.74) is 0. The largest absolute Gasteiger partial charge is 0.317 e. The molecule has 0 saturated carbocycles. The van der Waals surface area contributed by atoms with Crippen molar-refractivity contribution in [2.24, 2.45) is 0 Å². The predicted octanol–water partition coefficient (Wildman–Crippen LogP) is 0.186. The molecule has 0 atom stereocenters. The van der Waals surface area contributed by atoms with Gasteiger partial charge in [0.2, 0.25) is 10.0 Å². The average Bonchev–Trinajstić information content (AvgIpc) is 2.18. The minimum atomic E-state index is -3.12. The number of nitrogens with zero attached hydrogens (tertiary/aromatic N) is 1. The van der Waals surface area contributed by atoms with Crippen LogP contribution in [0.4, 0.5) is 0 Å². The molecule has 0 unspecified atom stereocenters. The SMILES string of the molecule is C=CCS(=O)(=O)N(C)C1CCNCC1. The second kappa shape index (κ2) is 4.91. The van der Waals surface area contributed by atoms with Crippen LogP contribution < -0.4 is 5.32 Å². The standard InChI is InChI=1S/C9H18N2O2S/c1-3-8-14(12,13)11(2)9-4-6-10-7-5-9/h3,9-10H,1,4-8H2,2H3. The van der Waals surface area contributed by atoms with Crippen molar-refractivity contribution in [2.75, 3.05) is 25.9 Å². The quantitative estimate of drug-likeness (QED) is 0.685. The van der Waals surface area contributed by atoms with Gasteiger partial charge in [-0.3, -0.25) is 0 Å². The topological polar surface area (TPSA) is 49.4 Å². The van der Waals surface area contributed by atoms with Crippen LogP contribution in [0.3, 0.4) is 0 Å².